The van der Waals surface area contributed by atoms with E-state index in [-0.39, 0.29) is 11.4 Å². The van der Waals surface area contributed by atoms with Crippen molar-refractivity contribution in [2.45, 2.75) is 13.3 Å². The molecule has 0 aliphatic heterocycles. The van der Waals surface area contributed by atoms with Crippen molar-refractivity contribution in [3.63, 3.8) is 0 Å². The molecule has 0 atom stereocenters. The van der Waals surface area contributed by atoms with E-state index in [4.69, 9.17) is 4.74 Å². The number of nitro groups is 1. The number of hydrogen-bond donors (Lipinski definition) is 0. The van der Waals surface area contributed by atoms with Gasteiger partial charge in [-0.1, -0.05) is 19.1 Å². The van der Waals surface area contributed by atoms with Gasteiger partial charge in [0, 0.05) is 12.1 Å². The van der Waals surface area contributed by atoms with E-state index in [2.05, 4.69) is 4.74 Å². The van der Waals surface area contributed by atoms with Crippen molar-refractivity contribution in [2.24, 2.45) is 0 Å². The monoisotopic (exact) mass is 263 g/mol. The molecule has 0 bridgehead atoms. The summed E-state index contributed by atoms with van der Waals surface area (Å²) in [6, 6.07) is 5.12. The molecule has 19 heavy (non-hydrogen) atoms. The summed E-state index contributed by atoms with van der Waals surface area (Å²) in [5.74, 6) is 0.174. The Kier molecular flexibility index (Phi) is 5.81. The summed E-state index contributed by atoms with van der Waals surface area (Å²) in [7, 11) is 0. The third-order valence-electron chi connectivity index (χ3n) is 1.97. The quantitative estimate of drug-likeness (QED) is 0.202. The van der Waals surface area contributed by atoms with Crippen molar-refractivity contribution in [2.75, 3.05) is 0 Å². The second kappa shape index (κ2) is 7.65. The normalized spacial score (nSPS) is 10.8. The number of nitrogens with zero attached hydrogens (tertiary/aromatic N) is 1. The van der Waals surface area contributed by atoms with Gasteiger partial charge in [-0.2, -0.15) is 0 Å². The molecule has 0 aliphatic carbocycles. The lowest BCUT2D eigenvalue weighted by atomic mass is 10.3. The molecule has 1 aromatic rings. The van der Waals surface area contributed by atoms with Crippen LogP contribution in [0.15, 0.2) is 48.8 Å². The zero-order valence-corrected chi connectivity index (χ0v) is 10.3. The number of rotatable bonds is 5. The summed E-state index contributed by atoms with van der Waals surface area (Å²) in [6.07, 6.45) is 6.36. The first-order valence-corrected chi connectivity index (χ1v) is 5.58. The van der Waals surface area contributed by atoms with E-state index in [0.717, 1.165) is 6.42 Å². The Morgan fingerprint density at radius 3 is 2.58 bits per heavy atom. The molecule has 1 rings (SSSR count). The second-order valence-corrected chi connectivity index (χ2v) is 3.39. The number of hydrogen-bond acceptors (Lipinski definition) is 5. The van der Waals surface area contributed by atoms with E-state index in [9.17, 15) is 14.9 Å². The molecular weight excluding hydrogens is 250 g/mol. The maximum absolute atomic E-state index is 11.2. The molecule has 0 radical (unpaired) electrons. The van der Waals surface area contributed by atoms with Gasteiger partial charge in [0.1, 0.15) is 5.75 Å². The Morgan fingerprint density at radius 1 is 1.32 bits per heavy atom. The third kappa shape index (κ3) is 5.49. The van der Waals surface area contributed by atoms with E-state index in [1.165, 1.54) is 30.5 Å². The lowest BCUT2D eigenvalue weighted by Crippen LogP contribution is -2.06. The Morgan fingerprint density at radius 2 is 2.00 bits per heavy atom. The minimum Gasteiger partial charge on any atom is -0.403 e. The van der Waals surface area contributed by atoms with E-state index < -0.39 is 11.1 Å². The Bertz CT molecular complexity index is 490. The maximum Gasteiger partial charge on any atom is 0.518 e. The van der Waals surface area contributed by atoms with Gasteiger partial charge in [-0.15, -0.1) is 0 Å². The smallest absolute Gasteiger partial charge is 0.403 e. The molecule has 0 heterocycles. The van der Waals surface area contributed by atoms with Gasteiger partial charge >= 0.3 is 6.16 Å². The highest BCUT2D eigenvalue weighted by Crippen LogP contribution is 2.17. The molecule has 0 fully saturated rings. The number of ether oxygens (including phenoxy) is 2. The predicted octanol–water partition coefficient (Wildman–Crippen LogP) is 3.59. The van der Waals surface area contributed by atoms with Gasteiger partial charge in [0.25, 0.3) is 5.69 Å². The lowest BCUT2D eigenvalue weighted by Gasteiger charge is -2.01. The molecule has 1 aromatic carbocycles. The summed E-state index contributed by atoms with van der Waals surface area (Å²) in [5.41, 5.74) is -0.0784. The zero-order chi connectivity index (χ0) is 14.1. The first kappa shape index (κ1) is 14.4. The van der Waals surface area contributed by atoms with Crippen molar-refractivity contribution in [1.29, 1.82) is 0 Å². The number of nitro benzene ring substituents is 1. The van der Waals surface area contributed by atoms with Crippen LogP contribution in [0.5, 0.6) is 5.75 Å². The van der Waals surface area contributed by atoms with Crippen molar-refractivity contribution in [3.05, 3.63) is 58.9 Å². The minimum absolute atomic E-state index is 0.0784. The van der Waals surface area contributed by atoms with E-state index in [1.807, 2.05) is 13.0 Å². The zero-order valence-electron chi connectivity index (χ0n) is 10.3. The second-order valence-electron chi connectivity index (χ2n) is 3.39. The van der Waals surface area contributed by atoms with Gasteiger partial charge in [-0.25, -0.2) is 4.79 Å². The van der Waals surface area contributed by atoms with Gasteiger partial charge in [-0.3, -0.25) is 10.1 Å². The molecule has 0 saturated heterocycles. The summed E-state index contributed by atoms with van der Waals surface area (Å²) < 4.78 is 9.44. The highest BCUT2D eigenvalue weighted by Gasteiger charge is 2.07. The average Bonchev–Trinajstić information content (AvgIpc) is 2.39. The fraction of sp³-hybridized carbons (Fsp3) is 0.154. The summed E-state index contributed by atoms with van der Waals surface area (Å²) >= 11 is 0. The number of carbonyl (C=O) groups excluding carboxylic acids is 1. The van der Waals surface area contributed by atoms with Crippen LogP contribution in [0, 0.1) is 10.1 Å². The highest BCUT2D eigenvalue weighted by atomic mass is 16.7. The molecular formula is C13H13NO5. The Hall–Kier alpha value is -2.63. The van der Waals surface area contributed by atoms with Crippen LogP contribution in [0.4, 0.5) is 10.5 Å². The van der Waals surface area contributed by atoms with Crippen molar-refractivity contribution in [3.8, 4) is 5.75 Å². The minimum atomic E-state index is -0.907. The van der Waals surface area contributed by atoms with Crippen LogP contribution >= 0.6 is 0 Å². The predicted molar refractivity (Wildman–Crippen MR) is 68.8 cm³/mol. The first-order chi connectivity index (χ1) is 9.13. The standard InChI is InChI=1S/C13H13NO5/c1-2-3-4-5-10-18-13(15)19-12-8-6-11(7-9-12)14(16)17/h3-10H,2H2,1H3/b4-3+,10-5+. The van der Waals surface area contributed by atoms with Crippen LogP contribution in [0.2, 0.25) is 0 Å². The van der Waals surface area contributed by atoms with Gasteiger partial charge in [-0.05, 0) is 24.6 Å². The van der Waals surface area contributed by atoms with Gasteiger partial charge in [0.15, 0.2) is 0 Å². The molecule has 0 saturated carbocycles. The van der Waals surface area contributed by atoms with Crippen LogP contribution in [-0.4, -0.2) is 11.1 Å². The van der Waals surface area contributed by atoms with E-state index in [0.29, 0.717) is 0 Å². The molecule has 100 valence electrons. The summed E-state index contributed by atoms with van der Waals surface area (Å²) in [4.78, 5) is 21.1. The van der Waals surface area contributed by atoms with Crippen molar-refractivity contribution < 1.29 is 19.2 Å². The number of allylic oxidation sites excluding steroid dienone is 3. The lowest BCUT2D eigenvalue weighted by molar-refractivity contribution is -0.384. The van der Waals surface area contributed by atoms with Crippen LogP contribution in [0.3, 0.4) is 0 Å². The maximum atomic E-state index is 11.2. The van der Waals surface area contributed by atoms with Gasteiger partial charge in [0.2, 0.25) is 0 Å². The van der Waals surface area contributed by atoms with Crippen molar-refractivity contribution >= 4 is 11.8 Å². The van der Waals surface area contributed by atoms with Gasteiger partial charge in [0.05, 0.1) is 11.2 Å². The SMILES string of the molecule is CC/C=C/C=C/OC(=O)Oc1ccc([N+](=O)[O-])cc1. The Labute approximate surface area is 110 Å². The van der Waals surface area contributed by atoms with Crippen LogP contribution < -0.4 is 4.74 Å². The summed E-state index contributed by atoms with van der Waals surface area (Å²) in [6.45, 7) is 1.98. The average molecular weight is 263 g/mol. The van der Waals surface area contributed by atoms with Crippen molar-refractivity contribution in [1.82, 2.24) is 0 Å². The highest BCUT2D eigenvalue weighted by molar-refractivity contribution is 5.64. The van der Waals surface area contributed by atoms with Crippen LogP contribution in [-0.2, 0) is 4.74 Å². The molecule has 6 heteroatoms. The van der Waals surface area contributed by atoms with E-state index >= 15 is 0 Å². The molecule has 0 amide bonds. The van der Waals surface area contributed by atoms with Crippen LogP contribution in [0.25, 0.3) is 0 Å². The topological polar surface area (TPSA) is 78.7 Å². The molecule has 6 nitrogen and oxygen atoms in total. The number of carbonyl (C=O) groups is 1. The molecule has 0 N–H and O–H groups in total. The van der Waals surface area contributed by atoms with Gasteiger partial charge < -0.3 is 9.47 Å². The third-order valence-corrected chi connectivity index (χ3v) is 1.97. The number of non-ortho nitro benzene ring substituents is 1. The number of benzene rings is 1. The van der Waals surface area contributed by atoms with Crippen LogP contribution in [0.1, 0.15) is 13.3 Å². The summed E-state index contributed by atoms with van der Waals surface area (Å²) in [5, 5.41) is 10.4. The Balaban J connectivity index is 2.46. The molecule has 0 aromatic heterocycles. The van der Waals surface area contributed by atoms with E-state index in [1.54, 1.807) is 12.2 Å². The first-order valence-electron chi connectivity index (χ1n) is 5.58. The fourth-order valence-corrected chi connectivity index (χ4v) is 1.11. The fourth-order valence-electron chi connectivity index (χ4n) is 1.11. The molecule has 0 spiro atoms. The largest absolute Gasteiger partial charge is 0.518 e. The molecule has 0 unspecified atom stereocenters. The molecule has 0 aliphatic rings.